The lowest BCUT2D eigenvalue weighted by molar-refractivity contribution is -0.121. The van der Waals surface area contributed by atoms with Crippen LogP contribution in [0.2, 0.25) is 0 Å². The molecule has 2 fully saturated rings. The molecule has 7 heteroatoms. The Balaban J connectivity index is 1.54. The molecule has 0 radical (unpaired) electrons. The molecule has 1 aromatic heterocycles. The second-order valence-electron chi connectivity index (χ2n) is 7.01. The molecule has 1 aliphatic carbocycles. The van der Waals surface area contributed by atoms with Crippen molar-refractivity contribution in [3.8, 4) is 0 Å². The monoisotopic (exact) mass is 340 g/mol. The van der Waals surface area contributed by atoms with E-state index >= 15 is 0 Å². The first-order chi connectivity index (χ1) is 11.5. The molecular weight excluding hydrogens is 314 g/mol. The number of rotatable bonds is 5. The molecule has 0 spiro atoms. The number of aryl methyl sites for hydroxylation is 1. The van der Waals surface area contributed by atoms with Crippen molar-refractivity contribution in [3.05, 3.63) is 11.8 Å². The molecule has 1 saturated heterocycles. The zero-order chi connectivity index (χ0) is 17.1. The van der Waals surface area contributed by atoms with Crippen LogP contribution in [-0.4, -0.2) is 46.6 Å². The van der Waals surface area contributed by atoms with Crippen molar-refractivity contribution >= 4 is 11.7 Å². The first kappa shape index (κ1) is 17.3. The number of hydrogen-bond acceptors (Lipinski definition) is 3. The van der Waals surface area contributed by atoms with Gasteiger partial charge in [-0.15, -0.1) is 0 Å². The zero-order valence-electron chi connectivity index (χ0n) is 14.2. The number of amides is 1. The number of nitrogens with one attached hydrogen (secondary N) is 1. The van der Waals surface area contributed by atoms with Gasteiger partial charge in [0.25, 0.3) is 6.43 Å². The second kappa shape index (κ2) is 7.59. The topological polar surface area (TPSA) is 50.2 Å². The van der Waals surface area contributed by atoms with Crippen LogP contribution in [-0.2, 0) is 11.8 Å². The van der Waals surface area contributed by atoms with Gasteiger partial charge in [0.2, 0.25) is 5.91 Å². The zero-order valence-corrected chi connectivity index (χ0v) is 14.2. The fraction of sp³-hybridized carbons (Fsp3) is 0.765. The third-order valence-corrected chi connectivity index (χ3v) is 5.28. The molecule has 0 atom stereocenters. The van der Waals surface area contributed by atoms with Gasteiger partial charge >= 0.3 is 0 Å². The molecule has 1 N–H and O–H groups in total. The lowest BCUT2D eigenvalue weighted by atomic mass is 9.96. The summed E-state index contributed by atoms with van der Waals surface area (Å²) in [7, 11) is 1.85. The van der Waals surface area contributed by atoms with Gasteiger partial charge in [0.05, 0.1) is 12.2 Å². The van der Waals surface area contributed by atoms with Crippen molar-refractivity contribution in [1.29, 1.82) is 0 Å². The third-order valence-electron chi connectivity index (χ3n) is 5.28. The van der Waals surface area contributed by atoms with E-state index in [4.69, 9.17) is 0 Å². The Hall–Kier alpha value is -1.50. The van der Waals surface area contributed by atoms with E-state index in [0.717, 1.165) is 11.5 Å². The normalized spacial score (nSPS) is 20.8. The van der Waals surface area contributed by atoms with Crippen molar-refractivity contribution in [2.45, 2.75) is 50.9 Å². The van der Waals surface area contributed by atoms with Gasteiger partial charge in [0.1, 0.15) is 5.82 Å². The highest BCUT2D eigenvalue weighted by molar-refractivity contribution is 5.91. The number of halogens is 2. The maximum absolute atomic E-state index is 12.5. The summed E-state index contributed by atoms with van der Waals surface area (Å²) >= 11 is 0. The van der Waals surface area contributed by atoms with Crippen molar-refractivity contribution < 1.29 is 13.6 Å². The molecule has 0 bridgehead atoms. The van der Waals surface area contributed by atoms with Gasteiger partial charge in [0, 0.05) is 24.9 Å². The van der Waals surface area contributed by atoms with Crippen LogP contribution in [0.1, 0.15) is 50.1 Å². The molecule has 0 unspecified atom stereocenters. The molecule has 24 heavy (non-hydrogen) atoms. The molecular formula is C17H26F2N4O. The Bertz CT molecular complexity index is 561. The summed E-state index contributed by atoms with van der Waals surface area (Å²) in [5.74, 6) is 1.12. The lowest BCUT2D eigenvalue weighted by Gasteiger charge is -2.30. The highest BCUT2D eigenvalue weighted by Crippen LogP contribution is 2.34. The van der Waals surface area contributed by atoms with Gasteiger partial charge in [-0.3, -0.25) is 14.4 Å². The minimum atomic E-state index is -2.31. The number of likely N-dealkylation sites (tertiary alicyclic amines) is 1. The van der Waals surface area contributed by atoms with E-state index in [1.54, 1.807) is 9.58 Å². The number of piperidine rings is 1. The summed E-state index contributed by atoms with van der Waals surface area (Å²) in [6, 6.07) is 1.99. The van der Waals surface area contributed by atoms with Gasteiger partial charge in [0.15, 0.2) is 0 Å². The predicted octanol–water partition coefficient (Wildman–Crippen LogP) is 2.99. The van der Waals surface area contributed by atoms with E-state index in [2.05, 4.69) is 10.4 Å². The molecule has 0 aromatic carbocycles. The molecule has 1 aromatic rings. The van der Waals surface area contributed by atoms with Crippen molar-refractivity contribution in [1.82, 2.24) is 14.7 Å². The van der Waals surface area contributed by atoms with Gasteiger partial charge in [-0.2, -0.15) is 5.10 Å². The van der Waals surface area contributed by atoms with Crippen LogP contribution < -0.4 is 5.32 Å². The highest BCUT2D eigenvalue weighted by Gasteiger charge is 2.27. The Kier molecular flexibility index (Phi) is 5.48. The van der Waals surface area contributed by atoms with Crippen LogP contribution in [0, 0.1) is 5.92 Å². The first-order valence-electron chi connectivity index (χ1n) is 8.88. The number of carbonyl (C=O) groups is 1. The minimum Gasteiger partial charge on any atom is -0.311 e. The van der Waals surface area contributed by atoms with E-state index in [1.807, 2.05) is 13.1 Å². The SMILES string of the molecule is Cn1nc(C2CCCC2)cc1NC(=O)C1CCN(CC(F)F)CC1. The van der Waals surface area contributed by atoms with Crippen molar-refractivity contribution in [3.63, 3.8) is 0 Å². The van der Waals surface area contributed by atoms with Crippen LogP contribution in [0.15, 0.2) is 6.07 Å². The number of carbonyl (C=O) groups excluding carboxylic acids is 1. The number of aromatic nitrogens is 2. The predicted molar refractivity (Wildman–Crippen MR) is 88.2 cm³/mol. The third kappa shape index (κ3) is 4.12. The molecule has 1 saturated carbocycles. The largest absolute Gasteiger partial charge is 0.311 e. The second-order valence-corrected chi connectivity index (χ2v) is 7.01. The summed E-state index contributed by atoms with van der Waals surface area (Å²) < 4.78 is 26.5. The van der Waals surface area contributed by atoms with Crippen molar-refractivity contribution in [2.75, 3.05) is 25.0 Å². The molecule has 2 heterocycles. The van der Waals surface area contributed by atoms with Crippen LogP contribution in [0.25, 0.3) is 0 Å². The van der Waals surface area contributed by atoms with Crippen molar-refractivity contribution in [2.24, 2.45) is 13.0 Å². The highest BCUT2D eigenvalue weighted by atomic mass is 19.3. The van der Waals surface area contributed by atoms with E-state index in [9.17, 15) is 13.6 Å². The van der Waals surface area contributed by atoms with E-state index in [0.29, 0.717) is 31.8 Å². The van der Waals surface area contributed by atoms with Crippen LogP contribution in [0.3, 0.4) is 0 Å². The number of nitrogens with zero attached hydrogens (tertiary/aromatic N) is 3. The summed E-state index contributed by atoms with van der Waals surface area (Å²) in [6.45, 7) is 0.920. The number of anilines is 1. The molecule has 2 aliphatic rings. The molecule has 1 aliphatic heterocycles. The van der Waals surface area contributed by atoms with Gasteiger partial charge in [-0.05, 0) is 38.8 Å². The Morgan fingerprint density at radius 2 is 1.96 bits per heavy atom. The Morgan fingerprint density at radius 1 is 1.29 bits per heavy atom. The number of alkyl halides is 2. The Morgan fingerprint density at radius 3 is 2.58 bits per heavy atom. The average Bonchev–Trinajstić information content (AvgIpc) is 3.18. The molecule has 1 amide bonds. The summed E-state index contributed by atoms with van der Waals surface area (Å²) in [4.78, 5) is 14.2. The summed E-state index contributed by atoms with van der Waals surface area (Å²) in [5, 5.41) is 7.52. The standard InChI is InChI=1S/C17H26F2N4O/c1-22-16(10-14(21-22)12-4-2-3-5-12)20-17(24)13-6-8-23(9-7-13)11-15(18)19/h10,12-13,15H,2-9,11H2,1H3,(H,20,24). The van der Waals surface area contributed by atoms with E-state index in [1.165, 1.54) is 25.7 Å². The average molecular weight is 340 g/mol. The smallest absolute Gasteiger partial charge is 0.251 e. The molecule has 5 nitrogen and oxygen atoms in total. The first-order valence-corrected chi connectivity index (χ1v) is 8.88. The summed E-state index contributed by atoms with van der Waals surface area (Å²) in [6.07, 6.45) is 3.80. The van der Waals surface area contributed by atoms with Crippen LogP contribution in [0.5, 0.6) is 0 Å². The maximum Gasteiger partial charge on any atom is 0.251 e. The summed E-state index contributed by atoms with van der Waals surface area (Å²) in [5.41, 5.74) is 1.07. The van der Waals surface area contributed by atoms with E-state index < -0.39 is 6.43 Å². The minimum absolute atomic E-state index is 0.0207. The Labute approximate surface area is 141 Å². The maximum atomic E-state index is 12.5. The van der Waals surface area contributed by atoms with Crippen LogP contribution in [0.4, 0.5) is 14.6 Å². The fourth-order valence-electron chi connectivity index (χ4n) is 3.83. The molecule has 3 rings (SSSR count). The van der Waals surface area contributed by atoms with Gasteiger partial charge in [-0.25, -0.2) is 8.78 Å². The lowest BCUT2D eigenvalue weighted by Crippen LogP contribution is -2.40. The molecule has 134 valence electrons. The quantitative estimate of drug-likeness (QED) is 0.896. The van der Waals surface area contributed by atoms with Gasteiger partial charge in [-0.1, -0.05) is 12.8 Å². The van der Waals surface area contributed by atoms with E-state index in [-0.39, 0.29) is 18.4 Å². The van der Waals surface area contributed by atoms with Gasteiger partial charge < -0.3 is 5.32 Å². The van der Waals surface area contributed by atoms with Crippen LogP contribution >= 0.6 is 0 Å². The fourth-order valence-corrected chi connectivity index (χ4v) is 3.83. The number of hydrogen-bond donors (Lipinski definition) is 1.